The number of carbonyl (C=O) groups excluding carboxylic acids is 2. The van der Waals surface area contributed by atoms with E-state index in [1.165, 1.54) is 26.2 Å². The van der Waals surface area contributed by atoms with Crippen molar-refractivity contribution in [3.8, 4) is 0 Å². The third-order valence-corrected chi connectivity index (χ3v) is 9.13. The van der Waals surface area contributed by atoms with Crippen molar-refractivity contribution in [2.75, 3.05) is 6.54 Å². The first kappa shape index (κ1) is 31.6. The van der Waals surface area contributed by atoms with E-state index in [1.807, 2.05) is 69.3 Å². The van der Waals surface area contributed by atoms with Gasteiger partial charge in [-0.1, -0.05) is 61.4 Å². The van der Waals surface area contributed by atoms with Crippen LogP contribution >= 0.6 is 0 Å². The third-order valence-electron chi connectivity index (χ3n) is 9.13. The average Bonchev–Trinajstić information content (AvgIpc) is 2.99. The van der Waals surface area contributed by atoms with E-state index in [4.69, 9.17) is 9.47 Å². The summed E-state index contributed by atoms with van der Waals surface area (Å²) >= 11 is 0. The molecule has 1 aliphatic carbocycles. The number of rotatable bonds is 8. The van der Waals surface area contributed by atoms with Crippen LogP contribution in [0.5, 0.6) is 0 Å². The summed E-state index contributed by atoms with van der Waals surface area (Å²) in [5.41, 5.74) is 3.55. The average molecular weight is 592 g/mol. The van der Waals surface area contributed by atoms with Crippen molar-refractivity contribution in [2.45, 2.75) is 122 Å². The predicted octanol–water partition coefficient (Wildman–Crippen LogP) is 5.30. The molecule has 3 aliphatic rings. The summed E-state index contributed by atoms with van der Waals surface area (Å²) in [6.07, 6.45) is 6.59. The van der Waals surface area contributed by atoms with Gasteiger partial charge < -0.3 is 25.2 Å². The van der Waals surface area contributed by atoms with Crippen molar-refractivity contribution >= 4 is 11.8 Å². The Hall–Kier alpha value is -2.78. The maximum Gasteiger partial charge on any atom is 0.237 e. The van der Waals surface area contributed by atoms with Gasteiger partial charge in [-0.05, 0) is 69.1 Å². The molecule has 2 amide bonds. The summed E-state index contributed by atoms with van der Waals surface area (Å²) < 4.78 is 13.3. The number of hydrogen-bond acceptors (Lipinski definition) is 6. The van der Waals surface area contributed by atoms with Crippen molar-refractivity contribution in [3.63, 3.8) is 0 Å². The number of likely N-dealkylation sites (tertiary alicyclic amines) is 1. The molecule has 0 radical (unpaired) electrons. The van der Waals surface area contributed by atoms with E-state index in [0.29, 0.717) is 31.5 Å². The molecule has 3 fully saturated rings. The molecule has 0 aromatic heterocycles. The zero-order valence-corrected chi connectivity index (χ0v) is 26.2. The van der Waals surface area contributed by atoms with Crippen molar-refractivity contribution in [1.29, 1.82) is 0 Å². The number of aliphatic hydroxyl groups excluding tert-OH is 1. The van der Waals surface area contributed by atoms with Crippen molar-refractivity contribution in [1.82, 2.24) is 15.5 Å². The van der Waals surface area contributed by atoms with Gasteiger partial charge in [-0.2, -0.15) is 0 Å². The molecule has 0 spiro atoms. The van der Waals surface area contributed by atoms with Crippen LogP contribution in [0, 0.1) is 5.92 Å². The van der Waals surface area contributed by atoms with Gasteiger partial charge >= 0.3 is 0 Å². The van der Waals surface area contributed by atoms with E-state index in [0.717, 1.165) is 41.5 Å². The van der Waals surface area contributed by atoms with Gasteiger partial charge in [0, 0.05) is 43.6 Å². The SMILES string of the molecule is CC(=O)NCc1ccc([C@@H]2O[C@H](CN3[C@@H](C(=O)NC(C)(C)C)CC[C@H]4CCCC[C@H]43)C[C@H](c3ccc(CO)cc3)O2)cc1. The maximum atomic E-state index is 13.6. The Morgan fingerprint density at radius 1 is 0.907 bits per heavy atom. The van der Waals surface area contributed by atoms with Crippen molar-refractivity contribution in [3.05, 3.63) is 70.8 Å². The highest BCUT2D eigenvalue weighted by Crippen LogP contribution is 2.42. The molecular formula is C35H49N3O5. The molecule has 43 heavy (non-hydrogen) atoms. The molecule has 6 atom stereocenters. The van der Waals surface area contributed by atoms with Crippen LogP contribution in [-0.2, 0) is 32.2 Å². The van der Waals surface area contributed by atoms with E-state index in [2.05, 4.69) is 15.5 Å². The fourth-order valence-corrected chi connectivity index (χ4v) is 7.01. The molecule has 8 nitrogen and oxygen atoms in total. The van der Waals surface area contributed by atoms with Gasteiger partial charge in [-0.15, -0.1) is 0 Å². The molecular weight excluding hydrogens is 542 g/mol. The van der Waals surface area contributed by atoms with Crippen LogP contribution in [0.15, 0.2) is 48.5 Å². The van der Waals surface area contributed by atoms with Crippen LogP contribution < -0.4 is 10.6 Å². The van der Waals surface area contributed by atoms with E-state index in [1.54, 1.807) is 0 Å². The van der Waals surface area contributed by atoms with Crippen molar-refractivity contribution in [2.24, 2.45) is 5.92 Å². The Kier molecular flexibility index (Phi) is 10.2. The van der Waals surface area contributed by atoms with Gasteiger partial charge in [0.25, 0.3) is 0 Å². The maximum absolute atomic E-state index is 13.6. The lowest BCUT2D eigenvalue weighted by molar-refractivity contribution is -0.255. The van der Waals surface area contributed by atoms with Gasteiger partial charge in [0.2, 0.25) is 11.8 Å². The molecule has 2 aromatic carbocycles. The van der Waals surface area contributed by atoms with Crippen LogP contribution in [0.1, 0.15) is 107 Å². The molecule has 2 heterocycles. The first-order valence-corrected chi connectivity index (χ1v) is 16.0. The first-order chi connectivity index (χ1) is 20.6. The first-order valence-electron chi connectivity index (χ1n) is 16.0. The summed E-state index contributed by atoms with van der Waals surface area (Å²) in [5, 5.41) is 15.7. The van der Waals surface area contributed by atoms with Gasteiger partial charge in [0.1, 0.15) is 0 Å². The van der Waals surface area contributed by atoms with E-state index in [-0.39, 0.29) is 42.2 Å². The number of amides is 2. The normalized spacial score (nSPS) is 28.1. The number of nitrogens with one attached hydrogen (secondary N) is 2. The molecule has 1 saturated carbocycles. The van der Waals surface area contributed by atoms with Crippen LogP contribution in [0.3, 0.4) is 0 Å². The minimum atomic E-state index is -0.565. The largest absolute Gasteiger partial charge is 0.392 e. The Morgan fingerprint density at radius 2 is 1.58 bits per heavy atom. The zero-order valence-electron chi connectivity index (χ0n) is 26.2. The molecule has 2 aliphatic heterocycles. The minimum Gasteiger partial charge on any atom is -0.392 e. The molecule has 0 bridgehead atoms. The number of hydrogen-bond donors (Lipinski definition) is 3. The number of carbonyl (C=O) groups is 2. The van der Waals surface area contributed by atoms with Crippen LogP contribution in [0.2, 0.25) is 0 Å². The number of nitrogens with zero attached hydrogens (tertiary/aromatic N) is 1. The second-order valence-electron chi connectivity index (χ2n) is 13.6. The number of aliphatic hydroxyl groups is 1. The fourth-order valence-electron chi connectivity index (χ4n) is 7.01. The minimum absolute atomic E-state index is 0.000528. The number of benzene rings is 2. The topological polar surface area (TPSA) is 100 Å². The van der Waals surface area contributed by atoms with E-state index < -0.39 is 6.29 Å². The highest BCUT2D eigenvalue weighted by atomic mass is 16.7. The molecule has 234 valence electrons. The van der Waals surface area contributed by atoms with Gasteiger partial charge in [0.05, 0.1) is 24.9 Å². The summed E-state index contributed by atoms with van der Waals surface area (Å²) in [5.74, 6) is 0.681. The second-order valence-corrected chi connectivity index (χ2v) is 13.6. The molecule has 0 unspecified atom stereocenters. The van der Waals surface area contributed by atoms with Gasteiger partial charge in [0.15, 0.2) is 6.29 Å². The Morgan fingerprint density at radius 3 is 2.26 bits per heavy atom. The smallest absolute Gasteiger partial charge is 0.237 e. The molecule has 8 heteroatoms. The standard InChI is InChI=1S/C35H49N3O5/c1-23(40)36-20-24-9-15-28(16-10-24)34-42-29(19-32(43-34)27-13-11-25(22-39)12-14-27)21-38-30-8-6-5-7-26(30)17-18-31(38)33(41)37-35(2,3)4/h9-16,26,29-32,34,39H,5-8,17-22H2,1-4H3,(H,36,40)(H,37,41)/t26-,29+,30-,31-,32-,34-/m1/s1. The monoisotopic (exact) mass is 591 g/mol. The van der Waals surface area contributed by atoms with Gasteiger partial charge in [-0.25, -0.2) is 0 Å². The zero-order chi connectivity index (χ0) is 30.6. The lowest BCUT2D eigenvalue weighted by Gasteiger charge is -2.50. The number of fused-ring (bicyclic) bond motifs is 1. The quantitative estimate of drug-likeness (QED) is 0.386. The van der Waals surface area contributed by atoms with Crippen LogP contribution in [0.4, 0.5) is 0 Å². The Balaban J connectivity index is 1.40. The van der Waals surface area contributed by atoms with E-state index in [9.17, 15) is 14.7 Å². The lowest BCUT2D eigenvalue weighted by atomic mass is 9.75. The predicted molar refractivity (Wildman–Crippen MR) is 166 cm³/mol. The highest BCUT2D eigenvalue weighted by Gasteiger charge is 2.44. The van der Waals surface area contributed by atoms with Crippen LogP contribution in [-0.4, -0.2) is 52.1 Å². The van der Waals surface area contributed by atoms with Gasteiger partial charge in [-0.3, -0.25) is 14.5 Å². The molecule has 5 rings (SSSR count). The van der Waals surface area contributed by atoms with E-state index >= 15 is 0 Å². The highest BCUT2D eigenvalue weighted by molar-refractivity contribution is 5.82. The number of piperidine rings is 1. The summed E-state index contributed by atoms with van der Waals surface area (Å²) in [7, 11) is 0. The Bertz CT molecular complexity index is 1230. The summed E-state index contributed by atoms with van der Waals surface area (Å²) in [6.45, 7) is 8.79. The summed E-state index contributed by atoms with van der Waals surface area (Å²) in [6, 6.07) is 16.2. The third kappa shape index (κ3) is 8.24. The lowest BCUT2D eigenvalue weighted by Crippen LogP contribution is -2.61. The molecule has 2 saturated heterocycles. The Labute approximate surface area is 256 Å². The fraction of sp³-hybridized carbons (Fsp3) is 0.600. The number of ether oxygens (including phenoxy) is 2. The summed E-state index contributed by atoms with van der Waals surface area (Å²) in [4.78, 5) is 27.5. The molecule has 3 N–H and O–H groups in total. The molecule has 2 aromatic rings. The van der Waals surface area contributed by atoms with Crippen LogP contribution in [0.25, 0.3) is 0 Å². The second kappa shape index (κ2) is 13.9. The van der Waals surface area contributed by atoms with Crippen molar-refractivity contribution < 1.29 is 24.2 Å².